The fourth-order valence-corrected chi connectivity index (χ4v) is 1.13. The minimum atomic E-state index is 0.420. The van der Waals surface area contributed by atoms with Crippen molar-refractivity contribution in [2.24, 2.45) is 0 Å². The molecule has 1 heterocycles. The Morgan fingerprint density at radius 3 is 2.89 bits per heavy atom. The van der Waals surface area contributed by atoms with Crippen molar-refractivity contribution in [2.75, 3.05) is 6.61 Å². The van der Waals surface area contributed by atoms with Gasteiger partial charge in [-0.25, -0.2) is 0 Å². The van der Waals surface area contributed by atoms with Gasteiger partial charge in [0, 0.05) is 6.61 Å². The van der Waals surface area contributed by atoms with E-state index >= 15 is 0 Å². The predicted octanol–water partition coefficient (Wildman–Crippen LogP) is 2.13. The van der Waals surface area contributed by atoms with E-state index in [-0.39, 0.29) is 0 Å². The van der Waals surface area contributed by atoms with Gasteiger partial charge in [0.1, 0.15) is 0 Å². The first-order valence-electron chi connectivity index (χ1n) is 3.68. The average Bonchev–Trinajstić information content (AvgIpc) is 1.91. The van der Waals surface area contributed by atoms with Crippen LogP contribution >= 0.6 is 0 Å². The topological polar surface area (TPSA) is 9.23 Å². The summed E-state index contributed by atoms with van der Waals surface area (Å²) in [6.07, 6.45) is 8.41. The maximum atomic E-state index is 5.43. The minimum absolute atomic E-state index is 0.420. The maximum Gasteiger partial charge on any atom is 0.0755 e. The van der Waals surface area contributed by atoms with Gasteiger partial charge in [-0.05, 0) is 26.2 Å². The van der Waals surface area contributed by atoms with Crippen molar-refractivity contribution in [3.05, 3.63) is 12.2 Å². The average molecular weight is 126 g/mol. The predicted molar refractivity (Wildman–Crippen MR) is 38.4 cm³/mol. The van der Waals surface area contributed by atoms with E-state index in [9.17, 15) is 0 Å². The second-order valence-electron chi connectivity index (χ2n) is 2.43. The zero-order valence-corrected chi connectivity index (χ0v) is 5.97. The quantitative estimate of drug-likeness (QED) is 0.489. The second kappa shape index (κ2) is 3.67. The van der Waals surface area contributed by atoms with E-state index in [1.54, 1.807) is 0 Å². The molecular weight excluding hydrogens is 112 g/mol. The molecule has 52 valence electrons. The number of hydrogen-bond acceptors (Lipinski definition) is 1. The number of allylic oxidation sites excluding steroid dienone is 1. The summed E-state index contributed by atoms with van der Waals surface area (Å²) in [7, 11) is 0. The van der Waals surface area contributed by atoms with Crippen molar-refractivity contribution in [1.29, 1.82) is 0 Å². The van der Waals surface area contributed by atoms with E-state index in [2.05, 4.69) is 12.2 Å². The van der Waals surface area contributed by atoms with Crippen molar-refractivity contribution in [1.82, 2.24) is 0 Å². The number of ether oxygens (including phenoxy) is 1. The first-order valence-corrected chi connectivity index (χ1v) is 3.68. The summed E-state index contributed by atoms with van der Waals surface area (Å²) in [5, 5.41) is 0. The first kappa shape index (κ1) is 6.81. The Hall–Kier alpha value is -0.300. The van der Waals surface area contributed by atoms with E-state index in [4.69, 9.17) is 4.74 Å². The van der Waals surface area contributed by atoms with Crippen LogP contribution in [0.3, 0.4) is 0 Å². The van der Waals surface area contributed by atoms with Crippen molar-refractivity contribution in [2.45, 2.75) is 32.3 Å². The van der Waals surface area contributed by atoms with E-state index in [1.807, 2.05) is 6.92 Å². The molecule has 1 aliphatic heterocycles. The highest BCUT2D eigenvalue weighted by atomic mass is 16.5. The van der Waals surface area contributed by atoms with Gasteiger partial charge in [-0.2, -0.15) is 0 Å². The van der Waals surface area contributed by atoms with Crippen molar-refractivity contribution >= 4 is 0 Å². The normalized spacial score (nSPS) is 29.2. The van der Waals surface area contributed by atoms with Crippen LogP contribution in [0.5, 0.6) is 0 Å². The van der Waals surface area contributed by atoms with E-state index in [0.29, 0.717) is 6.10 Å². The third kappa shape index (κ3) is 2.19. The Balaban J connectivity index is 2.23. The molecule has 1 heteroatoms. The number of hydrogen-bond donors (Lipinski definition) is 0. The Morgan fingerprint density at radius 2 is 2.33 bits per heavy atom. The van der Waals surface area contributed by atoms with Gasteiger partial charge in [0.15, 0.2) is 0 Å². The lowest BCUT2D eigenvalue weighted by Gasteiger charge is -2.18. The molecule has 1 fully saturated rings. The summed E-state index contributed by atoms with van der Waals surface area (Å²) in [5.41, 5.74) is 0. The Bertz CT molecular complexity index is 90.7. The lowest BCUT2D eigenvalue weighted by Crippen LogP contribution is -2.15. The molecule has 1 aliphatic rings. The maximum absolute atomic E-state index is 5.43. The van der Waals surface area contributed by atoms with Gasteiger partial charge in [0.2, 0.25) is 0 Å². The molecule has 0 bridgehead atoms. The summed E-state index contributed by atoms with van der Waals surface area (Å²) in [6.45, 7) is 2.99. The van der Waals surface area contributed by atoms with Crippen LogP contribution in [0.2, 0.25) is 0 Å². The van der Waals surface area contributed by atoms with Gasteiger partial charge < -0.3 is 4.74 Å². The molecule has 1 nitrogen and oxygen atoms in total. The fraction of sp³-hybridized carbons (Fsp3) is 0.750. The van der Waals surface area contributed by atoms with Gasteiger partial charge in [0.25, 0.3) is 0 Å². The van der Waals surface area contributed by atoms with Crippen LogP contribution in [0.25, 0.3) is 0 Å². The van der Waals surface area contributed by atoms with Gasteiger partial charge in [-0.1, -0.05) is 12.2 Å². The number of rotatable bonds is 1. The molecule has 0 spiro atoms. The molecular formula is C8H14O. The highest BCUT2D eigenvalue weighted by Gasteiger charge is 2.08. The molecule has 0 aliphatic carbocycles. The standard InChI is InChI=1S/C8H14O/c1-2-5-8-6-3-4-7-9-8/h2,5,8H,3-4,6-7H2,1H3/b5-2+/t8-/m0/s1. The molecule has 1 atom stereocenters. The first-order chi connectivity index (χ1) is 4.43. The van der Waals surface area contributed by atoms with Crippen LogP contribution in [-0.2, 0) is 4.74 Å². The van der Waals surface area contributed by atoms with Gasteiger partial charge >= 0.3 is 0 Å². The monoisotopic (exact) mass is 126 g/mol. The molecule has 0 saturated carbocycles. The van der Waals surface area contributed by atoms with Gasteiger partial charge in [-0.3, -0.25) is 0 Å². The van der Waals surface area contributed by atoms with Crippen LogP contribution < -0.4 is 0 Å². The SMILES string of the molecule is C/C=C/[C@H]1CCCCO1. The van der Waals surface area contributed by atoms with E-state index in [0.717, 1.165) is 6.61 Å². The van der Waals surface area contributed by atoms with Gasteiger partial charge in [0.05, 0.1) is 6.10 Å². The molecule has 9 heavy (non-hydrogen) atoms. The van der Waals surface area contributed by atoms with Crippen LogP contribution in [-0.4, -0.2) is 12.7 Å². The zero-order chi connectivity index (χ0) is 6.53. The minimum Gasteiger partial charge on any atom is -0.374 e. The van der Waals surface area contributed by atoms with Crippen LogP contribution in [0.1, 0.15) is 26.2 Å². The third-order valence-corrected chi connectivity index (χ3v) is 1.62. The molecule has 1 saturated heterocycles. The molecule has 0 amide bonds. The molecule has 0 radical (unpaired) electrons. The van der Waals surface area contributed by atoms with E-state index in [1.165, 1.54) is 19.3 Å². The smallest absolute Gasteiger partial charge is 0.0755 e. The van der Waals surface area contributed by atoms with Crippen molar-refractivity contribution < 1.29 is 4.74 Å². The Kier molecular flexibility index (Phi) is 2.78. The molecule has 0 N–H and O–H groups in total. The Labute approximate surface area is 56.7 Å². The summed E-state index contributed by atoms with van der Waals surface area (Å²) in [5.74, 6) is 0. The highest BCUT2D eigenvalue weighted by molar-refractivity contribution is 4.87. The van der Waals surface area contributed by atoms with Crippen LogP contribution in [0.15, 0.2) is 12.2 Å². The zero-order valence-electron chi connectivity index (χ0n) is 5.97. The molecule has 0 aromatic carbocycles. The van der Waals surface area contributed by atoms with Gasteiger partial charge in [-0.15, -0.1) is 0 Å². The molecule has 0 unspecified atom stereocenters. The molecule has 0 aromatic heterocycles. The lowest BCUT2D eigenvalue weighted by atomic mass is 10.1. The third-order valence-electron chi connectivity index (χ3n) is 1.62. The summed E-state index contributed by atoms with van der Waals surface area (Å²) >= 11 is 0. The Morgan fingerprint density at radius 1 is 1.44 bits per heavy atom. The highest BCUT2D eigenvalue weighted by Crippen LogP contribution is 2.12. The fourth-order valence-electron chi connectivity index (χ4n) is 1.13. The summed E-state index contributed by atoms with van der Waals surface area (Å²) in [4.78, 5) is 0. The summed E-state index contributed by atoms with van der Waals surface area (Å²) < 4.78 is 5.43. The molecule has 1 rings (SSSR count). The van der Waals surface area contributed by atoms with E-state index < -0.39 is 0 Å². The summed E-state index contributed by atoms with van der Waals surface area (Å²) in [6, 6.07) is 0. The largest absolute Gasteiger partial charge is 0.374 e. The lowest BCUT2D eigenvalue weighted by molar-refractivity contribution is 0.0465. The van der Waals surface area contributed by atoms with Crippen LogP contribution in [0.4, 0.5) is 0 Å². The molecule has 0 aromatic rings. The second-order valence-corrected chi connectivity index (χ2v) is 2.43. The van der Waals surface area contributed by atoms with Crippen molar-refractivity contribution in [3.63, 3.8) is 0 Å². The van der Waals surface area contributed by atoms with Crippen molar-refractivity contribution in [3.8, 4) is 0 Å². The van der Waals surface area contributed by atoms with Crippen LogP contribution in [0, 0.1) is 0 Å².